The second kappa shape index (κ2) is 5.53. The Morgan fingerprint density at radius 2 is 2.10 bits per heavy atom. The predicted octanol–water partition coefficient (Wildman–Crippen LogP) is 3.06. The van der Waals surface area contributed by atoms with Crippen LogP contribution in [-0.4, -0.2) is 33.6 Å². The molecule has 0 unspecified atom stereocenters. The largest absolute Gasteiger partial charge is 0.481 e. The van der Waals surface area contributed by atoms with Crippen molar-refractivity contribution in [2.75, 3.05) is 13.1 Å². The molecule has 1 aliphatic heterocycles. The number of carboxylic acids is 1. The molecule has 0 fully saturated rings. The lowest BCUT2D eigenvalue weighted by molar-refractivity contribution is -0.137. The molecule has 1 N–H and O–H groups in total. The Labute approximate surface area is 125 Å². The van der Waals surface area contributed by atoms with E-state index in [0.29, 0.717) is 12.5 Å². The van der Waals surface area contributed by atoms with Crippen molar-refractivity contribution in [2.24, 2.45) is 0 Å². The van der Waals surface area contributed by atoms with Gasteiger partial charge in [0.15, 0.2) is 0 Å². The molecule has 1 aromatic heterocycles. The highest BCUT2D eigenvalue weighted by Crippen LogP contribution is 2.27. The summed E-state index contributed by atoms with van der Waals surface area (Å²) in [4.78, 5) is 12.9. The average molecular weight is 286 g/mol. The third-order valence-corrected chi connectivity index (χ3v) is 4.35. The van der Waals surface area contributed by atoms with E-state index in [4.69, 9.17) is 5.11 Å². The van der Waals surface area contributed by atoms with Crippen LogP contribution in [0, 0.1) is 0 Å². The number of rotatable bonds is 4. The zero-order valence-corrected chi connectivity index (χ0v) is 12.7. The first kappa shape index (κ1) is 14.1. The molecule has 0 amide bonds. The summed E-state index contributed by atoms with van der Waals surface area (Å²) < 4.78 is 2.37. The molecule has 3 rings (SSSR count). The Balaban J connectivity index is 1.85. The van der Waals surface area contributed by atoms with E-state index >= 15 is 0 Å². The van der Waals surface area contributed by atoms with Crippen LogP contribution in [0.4, 0.5) is 0 Å². The molecule has 0 saturated heterocycles. The molecular formula is C17H22N2O2. The van der Waals surface area contributed by atoms with Crippen LogP contribution in [0.2, 0.25) is 0 Å². The Morgan fingerprint density at radius 1 is 1.29 bits per heavy atom. The normalized spacial score (nSPS) is 15.6. The summed E-state index contributed by atoms with van der Waals surface area (Å²) in [6.45, 7) is 7.78. The minimum atomic E-state index is -0.720. The summed E-state index contributed by atoms with van der Waals surface area (Å²) >= 11 is 0. The number of aliphatic carboxylic acids is 1. The highest BCUT2D eigenvalue weighted by Gasteiger charge is 2.19. The summed E-state index contributed by atoms with van der Waals surface area (Å²) in [5, 5.41) is 10.1. The van der Waals surface area contributed by atoms with Crippen LogP contribution in [0.15, 0.2) is 24.3 Å². The molecule has 1 aromatic carbocycles. The van der Waals surface area contributed by atoms with Crippen molar-refractivity contribution in [1.29, 1.82) is 0 Å². The van der Waals surface area contributed by atoms with Crippen molar-refractivity contribution in [3.63, 3.8) is 0 Å². The molecule has 0 aliphatic carbocycles. The van der Waals surface area contributed by atoms with Crippen molar-refractivity contribution in [1.82, 2.24) is 9.47 Å². The number of fused-ring (bicyclic) bond motifs is 3. The molecule has 21 heavy (non-hydrogen) atoms. The number of carbonyl (C=O) groups is 1. The number of hydrogen-bond donors (Lipinski definition) is 1. The molecule has 0 radical (unpaired) electrons. The number of carboxylic acid groups (broad SMARTS) is 1. The predicted molar refractivity (Wildman–Crippen MR) is 83.6 cm³/mol. The first-order valence-electron chi connectivity index (χ1n) is 7.61. The quantitative estimate of drug-likeness (QED) is 0.939. The molecule has 112 valence electrons. The van der Waals surface area contributed by atoms with Gasteiger partial charge in [0.2, 0.25) is 0 Å². The number of benzene rings is 1. The van der Waals surface area contributed by atoms with Crippen LogP contribution in [0.25, 0.3) is 10.9 Å². The van der Waals surface area contributed by atoms with Gasteiger partial charge >= 0.3 is 5.97 Å². The van der Waals surface area contributed by atoms with Gasteiger partial charge in [-0.2, -0.15) is 0 Å². The van der Waals surface area contributed by atoms with Crippen LogP contribution in [0.5, 0.6) is 0 Å². The van der Waals surface area contributed by atoms with Crippen LogP contribution in [0.3, 0.4) is 0 Å². The Bertz CT molecular complexity index is 673. The molecule has 4 nitrogen and oxygen atoms in total. The van der Waals surface area contributed by atoms with Crippen molar-refractivity contribution >= 4 is 16.9 Å². The third-order valence-electron chi connectivity index (χ3n) is 4.35. The number of hydrogen-bond acceptors (Lipinski definition) is 2. The fourth-order valence-corrected chi connectivity index (χ4v) is 3.09. The van der Waals surface area contributed by atoms with Crippen molar-refractivity contribution < 1.29 is 9.90 Å². The second-order valence-electron chi connectivity index (χ2n) is 6.18. The lowest BCUT2D eigenvalue weighted by Gasteiger charge is -2.28. The van der Waals surface area contributed by atoms with Crippen molar-refractivity contribution in [3.8, 4) is 0 Å². The average Bonchev–Trinajstić information content (AvgIpc) is 2.81. The fourth-order valence-electron chi connectivity index (χ4n) is 3.09. The first-order chi connectivity index (χ1) is 10.0. The van der Waals surface area contributed by atoms with Gasteiger partial charge in [-0.15, -0.1) is 0 Å². The van der Waals surface area contributed by atoms with E-state index in [1.807, 2.05) is 0 Å². The first-order valence-corrected chi connectivity index (χ1v) is 7.61. The Morgan fingerprint density at radius 3 is 2.81 bits per heavy atom. The Hall–Kier alpha value is -1.81. The van der Waals surface area contributed by atoms with Crippen LogP contribution in [-0.2, 0) is 17.9 Å². The molecular weight excluding hydrogens is 264 g/mol. The summed E-state index contributed by atoms with van der Waals surface area (Å²) in [5.74, 6) is -0.180. The van der Waals surface area contributed by atoms with Gasteiger partial charge in [-0.3, -0.25) is 9.69 Å². The highest BCUT2D eigenvalue weighted by molar-refractivity contribution is 5.82. The van der Waals surface area contributed by atoms with E-state index < -0.39 is 5.97 Å². The molecule has 0 bridgehead atoms. The van der Waals surface area contributed by atoms with Gasteiger partial charge in [0.25, 0.3) is 0 Å². The maximum Gasteiger partial charge on any atom is 0.304 e. The minimum absolute atomic E-state index is 0.220. The molecule has 0 atom stereocenters. The summed E-state index contributed by atoms with van der Waals surface area (Å²) in [5.41, 5.74) is 3.96. The van der Waals surface area contributed by atoms with Gasteiger partial charge in [0.05, 0.1) is 6.42 Å². The molecule has 4 heteroatoms. The summed E-state index contributed by atoms with van der Waals surface area (Å²) in [7, 11) is 0. The van der Waals surface area contributed by atoms with Gasteiger partial charge in [-0.25, -0.2) is 0 Å². The fraction of sp³-hybridized carbons (Fsp3) is 0.471. The van der Waals surface area contributed by atoms with Crippen LogP contribution >= 0.6 is 0 Å². The van der Waals surface area contributed by atoms with Gasteiger partial charge in [0.1, 0.15) is 0 Å². The smallest absolute Gasteiger partial charge is 0.304 e. The highest BCUT2D eigenvalue weighted by atomic mass is 16.4. The van der Waals surface area contributed by atoms with E-state index in [2.05, 4.69) is 47.6 Å². The standard InChI is InChI=1S/C17H22N2O2/c1-12(2)13-3-4-16-14(9-13)10-15-11-18(6-5-17(20)21)7-8-19(15)16/h3-4,9-10,12H,5-8,11H2,1-2H3,(H,20,21). The molecule has 2 heterocycles. The lowest BCUT2D eigenvalue weighted by Crippen LogP contribution is -2.34. The van der Waals surface area contributed by atoms with E-state index in [9.17, 15) is 4.79 Å². The summed E-state index contributed by atoms with van der Waals surface area (Å²) in [6, 6.07) is 8.99. The van der Waals surface area contributed by atoms with Crippen LogP contribution in [0.1, 0.15) is 37.4 Å². The SMILES string of the molecule is CC(C)c1ccc2c(c1)cc1n2CCN(CCC(=O)O)C1. The topological polar surface area (TPSA) is 45.5 Å². The molecule has 0 spiro atoms. The van der Waals surface area contributed by atoms with E-state index in [-0.39, 0.29) is 6.42 Å². The minimum Gasteiger partial charge on any atom is -0.481 e. The van der Waals surface area contributed by atoms with Gasteiger partial charge < -0.3 is 9.67 Å². The van der Waals surface area contributed by atoms with Crippen LogP contribution < -0.4 is 0 Å². The van der Waals surface area contributed by atoms with Gasteiger partial charge in [-0.05, 0) is 29.7 Å². The second-order valence-corrected chi connectivity index (χ2v) is 6.18. The van der Waals surface area contributed by atoms with Gasteiger partial charge in [-0.1, -0.05) is 19.9 Å². The molecule has 1 aliphatic rings. The maximum atomic E-state index is 10.7. The number of nitrogens with zero attached hydrogens (tertiary/aromatic N) is 2. The van der Waals surface area contributed by atoms with E-state index in [1.54, 1.807) is 0 Å². The Kier molecular flexibility index (Phi) is 3.72. The third kappa shape index (κ3) is 2.81. The van der Waals surface area contributed by atoms with Gasteiger partial charge in [0, 0.05) is 42.8 Å². The molecule has 2 aromatic rings. The lowest BCUT2D eigenvalue weighted by atomic mass is 10.0. The summed E-state index contributed by atoms with van der Waals surface area (Å²) in [6.07, 6.45) is 0.220. The van der Waals surface area contributed by atoms with Crippen molar-refractivity contribution in [2.45, 2.75) is 39.3 Å². The zero-order valence-electron chi connectivity index (χ0n) is 12.7. The monoisotopic (exact) mass is 286 g/mol. The zero-order chi connectivity index (χ0) is 15.0. The van der Waals surface area contributed by atoms with E-state index in [0.717, 1.165) is 19.6 Å². The molecule has 0 saturated carbocycles. The van der Waals surface area contributed by atoms with Crippen molar-refractivity contribution in [3.05, 3.63) is 35.5 Å². The number of aromatic nitrogens is 1. The van der Waals surface area contributed by atoms with E-state index in [1.165, 1.54) is 22.2 Å². The maximum absolute atomic E-state index is 10.7.